The molecule has 2 saturated heterocycles. The molecule has 0 bridgehead atoms. The fraction of sp³-hybridized carbons (Fsp3) is 0.611. The number of aryl methyl sites for hydroxylation is 2. The Bertz CT molecular complexity index is 801. The van der Waals surface area contributed by atoms with Crippen molar-refractivity contribution < 1.29 is 9.53 Å². The fourth-order valence-electron chi connectivity index (χ4n) is 3.93. The average molecular weight is 373 g/mol. The lowest BCUT2D eigenvalue weighted by Crippen LogP contribution is -2.54. The van der Waals surface area contributed by atoms with Crippen LogP contribution in [0.4, 0.5) is 4.79 Å². The van der Waals surface area contributed by atoms with Gasteiger partial charge in [0.2, 0.25) is 0 Å². The lowest BCUT2D eigenvalue weighted by molar-refractivity contribution is 0.0820. The van der Waals surface area contributed by atoms with Crippen LogP contribution in [0.5, 0.6) is 0 Å². The van der Waals surface area contributed by atoms with Crippen molar-refractivity contribution in [2.75, 3.05) is 33.3 Å². The highest BCUT2D eigenvalue weighted by Crippen LogP contribution is 2.28. The summed E-state index contributed by atoms with van der Waals surface area (Å²) in [5.74, 6) is 1.83. The van der Waals surface area contributed by atoms with Gasteiger partial charge in [0.05, 0.1) is 12.1 Å². The predicted octanol–water partition coefficient (Wildman–Crippen LogP) is 0.682. The number of nitrogens with one attached hydrogen (secondary N) is 1. The molecule has 4 rings (SSSR count). The van der Waals surface area contributed by atoms with Gasteiger partial charge in [0, 0.05) is 65.1 Å². The Hall–Kier alpha value is -2.39. The largest absolute Gasteiger partial charge is 0.368 e. The molecule has 9 nitrogen and oxygen atoms in total. The van der Waals surface area contributed by atoms with E-state index in [1.54, 1.807) is 12.4 Å². The summed E-state index contributed by atoms with van der Waals surface area (Å²) in [7, 11) is 6.01. The van der Waals surface area contributed by atoms with Gasteiger partial charge in [0.1, 0.15) is 17.8 Å². The molecule has 2 amide bonds. The normalized spacial score (nSPS) is 26.5. The number of ether oxygens (including phenoxy) is 1. The first-order valence-corrected chi connectivity index (χ1v) is 9.36. The maximum Gasteiger partial charge on any atom is 0.317 e. The van der Waals surface area contributed by atoms with Crippen molar-refractivity contribution in [2.45, 2.75) is 24.6 Å². The molecule has 0 saturated carbocycles. The van der Waals surface area contributed by atoms with Crippen molar-refractivity contribution in [3.63, 3.8) is 0 Å². The molecule has 27 heavy (non-hydrogen) atoms. The predicted molar refractivity (Wildman–Crippen MR) is 99.0 cm³/mol. The van der Waals surface area contributed by atoms with Crippen molar-refractivity contribution in [2.24, 2.45) is 14.1 Å². The molecule has 2 aromatic heterocycles. The zero-order valence-electron chi connectivity index (χ0n) is 16.1. The van der Waals surface area contributed by atoms with Gasteiger partial charge in [-0.15, -0.1) is 0 Å². The van der Waals surface area contributed by atoms with Gasteiger partial charge in [-0.25, -0.2) is 14.8 Å². The molecule has 0 aromatic carbocycles. The Labute approximate surface area is 158 Å². The van der Waals surface area contributed by atoms with Crippen LogP contribution in [-0.2, 0) is 18.8 Å². The van der Waals surface area contributed by atoms with Crippen molar-refractivity contribution in [3.8, 4) is 0 Å². The van der Waals surface area contributed by atoms with E-state index in [9.17, 15) is 4.79 Å². The van der Waals surface area contributed by atoms with E-state index in [4.69, 9.17) is 4.74 Å². The van der Waals surface area contributed by atoms with Gasteiger partial charge in [-0.05, 0) is 13.5 Å². The van der Waals surface area contributed by atoms with Crippen LogP contribution < -0.4 is 5.32 Å². The van der Waals surface area contributed by atoms with Crippen molar-refractivity contribution in [3.05, 3.63) is 36.4 Å². The zero-order chi connectivity index (χ0) is 19.0. The smallest absolute Gasteiger partial charge is 0.317 e. The SMILES string of the molecule is CN1CCN(C(=O)N[C@H]2CCO[C@@H]2c2nccn2C)CC1c1nccn1C. The Kier molecular flexibility index (Phi) is 4.88. The summed E-state index contributed by atoms with van der Waals surface area (Å²) in [5.41, 5.74) is 0. The summed E-state index contributed by atoms with van der Waals surface area (Å²) in [5, 5.41) is 3.17. The maximum atomic E-state index is 12.9. The van der Waals surface area contributed by atoms with Crippen LogP contribution in [0.2, 0.25) is 0 Å². The number of carbonyl (C=O) groups excluding carboxylic acids is 1. The van der Waals surface area contributed by atoms with E-state index >= 15 is 0 Å². The highest BCUT2D eigenvalue weighted by atomic mass is 16.5. The highest BCUT2D eigenvalue weighted by Gasteiger charge is 2.36. The van der Waals surface area contributed by atoms with E-state index in [1.165, 1.54) is 0 Å². The topological polar surface area (TPSA) is 80.5 Å². The number of imidazole rings is 2. The number of likely N-dealkylation sites (N-methyl/N-ethyl adjacent to an activating group) is 1. The first kappa shape index (κ1) is 18.0. The second kappa shape index (κ2) is 7.32. The second-order valence-electron chi connectivity index (χ2n) is 7.37. The number of piperazine rings is 1. The summed E-state index contributed by atoms with van der Waals surface area (Å²) in [4.78, 5) is 25.9. The van der Waals surface area contributed by atoms with Crippen LogP contribution in [0.15, 0.2) is 24.8 Å². The third-order valence-corrected chi connectivity index (χ3v) is 5.61. The van der Waals surface area contributed by atoms with E-state index < -0.39 is 0 Å². The summed E-state index contributed by atoms with van der Waals surface area (Å²) in [6, 6.07) is -0.0171. The van der Waals surface area contributed by atoms with Gasteiger partial charge < -0.3 is 24.1 Å². The standard InChI is InChI=1S/C18H27N7O2/c1-22-9-10-25(12-14(22)16-19-5-7-23(16)2)18(26)21-13-4-11-27-15(13)17-20-6-8-24(17)3/h5-8,13-15H,4,9-12H2,1-3H3,(H,21,26)/t13-,14?,15-/m0/s1. The van der Waals surface area contributed by atoms with Gasteiger partial charge in [-0.3, -0.25) is 4.90 Å². The average Bonchev–Trinajstić information content (AvgIpc) is 3.37. The van der Waals surface area contributed by atoms with Gasteiger partial charge in [0.25, 0.3) is 0 Å². The molecule has 2 fully saturated rings. The van der Waals surface area contributed by atoms with Crippen molar-refractivity contribution in [1.29, 1.82) is 0 Å². The lowest BCUT2D eigenvalue weighted by atomic mass is 10.1. The van der Waals surface area contributed by atoms with Gasteiger partial charge in [-0.2, -0.15) is 0 Å². The van der Waals surface area contributed by atoms with E-state index in [0.717, 1.165) is 24.6 Å². The number of carbonyl (C=O) groups is 1. The summed E-state index contributed by atoms with van der Waals surface area (Å²) in [6.07, 6.45) is 7.98. The number of amides is 2. The first-order valence-electron chi connectivity index (χ1n) is 9.36. The summed E-state index contributed by atoms with van der Waals surface area (Å²) < 4.78 is 9.82. The number of hydrogen-bond donors (Lipinski definition) is 1. The molecule has 2 aromatic rings. The number of hydrogen-bond acceptors (Lipinski definition) is 5. The zero-order valence-corrected chi connectivity index (χ0v) is 16.1. The van der Waals surface area contributed by atoms with Crippen LogP contribution in [0.1, 0.15) is 30.2 Å². The number of rotatable bonds is 3. The van der Waals surface area contributed by atoms with Crippen LogP contribution >= 0.6 is 0 Å². The molecule has 0 radical (unpaired) electrons. The second-order valence-corrected chi connectivity index (χ2v) is 7.37. The minimum Gasteiger partial charge on any atom is -0.368 e. The van der Waals surface area contributed by atoms with Crippen LogP contribution in [0.3, 0.4) is 0 Å². The number of urea groups is 1. The number of aromatic nitrogens is 4. The molecule has 1 N–H and O–H groups in total. The van der Waals surface area contributed by atoms with E-state index in [-0.39, 0.29) is 24.2 Å². The Morgan fingerprint density at radius 3 is 2.48 bits per heavy atom. The lowest BCUT2D eigenvalue weighted by Gasteiger charge is -2.39. The highest BCUT2D eigenvalue weighted by molar-refractivity contribution is 5.75. The van der Waals surface area contributed by atoms with E-state index in [2.05, 4.69) is 27.2 Å². The third kappa shape index (κ3) is 3.44. The monoisotopic (exact) mass is 373 g/mol. The molecule has 0 spiro atoms. The molecule has 146 valence electrons. The van der Waals surface area contributed by atoms with Crippen molar-refractivity contribution in [1.82, 2.24) is 34.2 Å². The molecule has 0 aliphatic carbocycles. The molecule has 2 aliphatic heterocycles. The minimum atomic E-state index is -0.202. The van der Waals surface area contributed by atoms with E-state index in [1.807, 2.05) is 40.5 Å². The Balaban J connectivity index is 1.43. The molecule has 1 unspecified atom stereocenters. The van der Waals surface area contributed by atoms with Gasteiger partial charge >= 0.3 is 6.03 Å². The third-order valence-electron chi connectivity index (χ3n) is 5.61. The molecule has 4 heterocycles. The Morgan fingerprint density at radius 1 is 1.11 bits per heavy atom. The number of nitrogens with zero attached hydrogens (tertiary/aromatic N) is 6. The summed E-state index contributed by atoms with van der Waals surface area (Å²) >= 11 is 0. The van der Waals surface area contributed by atoms with Gasteiger partial charge in [-0.1, -0.05) is 0 Å². The quantitative estimate of drug-likeness (QED) is 0.856. The minimum absolute atomic E-state index is 0.0444. The van der Waals surface area contributed by atoms with Crippen LogP contribution in [0, 0.1) is 0 Å². The maximum absolute atomic E-state index is 12.9. The molecular formula is C18H27N7O2. The fourth-order valence-corrected chi connectivity index (χ4v) is 3.93. The Morgan fingerprint density at radius 2 is 1.81 bits per heavy atom. The van der Waals surface area contributed by atoms with Crippen molar-refractivity contribution >= 4 is 6.03 Å². The van der Waals surface area contributed by atoms with Crippen LogP contribution in [0.25, 0.3) is 0 Å². The molecule has 9 heteroatoms. The molecular weight excluding hydrogens is 346 g/mol. The molecule has 3 atom stereocenters. The summed E-state index contributed by atoms with van der Waals surface area (Å²) in [6.45, 7) is 2.76. The van der Waals surface area contributed by atoms with Gasteiger partial charge in [0.15, 0.2) is 0 Å². The molecule has 2 aliphatic rings. The first-order chi connectivity index (χ1) is 13.0. The van der Waals surface area contributed by atoms with Crippen LogP contribution in [-0.4, -0.2) is 74.3 Å². The van der Waals surface area contributed by atoms with E-state index in [0.29, 0.717) is 19.7 Å².